The Labute approximate surface area is 203 Å². The van der Waals surface area contributed by atoms with Crippen molar-refractivity contribution in [3.05, 3.63) is 30.3 Å². The summed E-state index contributed by atoms with van der Waals surface area (Å²) in [5, 5.41) is 0. The molecule has 14 heteroatoms. The fourth-order valence-electron chi connectivity index (χ4n) is 3.17. The van der Waals surface area contributed by atoms with E-state index in [1.54, 1.807) is 6.07 Å². The second-order valence-electron chi connectivity index (χ2n) is 7.44. The maximum Gasteiger partial charge on any atom is 0.468 e. The number of hydrogen-bond acceptors (Lipinski definition) is 11. The molecular formula is C22H24F3NO10. The smallest absolute Gasteiger partial charge is 0.463 e. The lowest BCUT2D eigenvalue weighted by Gasteiger charge is -2.43. The fourth-order valence-corrected chi connectivity index (χ4v) is 3.17. The van der Waals surface area contributed by atoms with Gasteiger partial charge in [0.15, 0.2) is 12.2 Å². The van der Waals surface area contributed by atoms with Crippen molar-refractivity contribution in [2.75, 3.05) is 6.61 Å². The Morgan fingerprint density at radius 3 is 1.83 bits per heavy atom. The lowest BCUT2D eigenvalue weighted by Crippen LogP contribution is -2.63. The van der Waals surface area contributed by atoms with Crippen LogP contribution >= 0.6 is 0 Å². The molecule has 0 aromatic heterocycles. The zero-order chi connectivity index (χ0) is 27.0. The highest BCUT2D eigenvalue weighted by molar-refractivity contribution is 5.84. The van der Waals surface area contributed by atoms with Gasteiger partial charge in [-0.1, -0.05) is 18.2 Å². The topological polar surface area (TPSA) is 136 Å². The predicted octanol–water partition coefficient (Wildman–Crippen LogP) is 2.38. The van der Waals surface area contributed by atoms with E-state index in [0.29, 0.717) is 0 Å². The van der Waals surface area contributed by atoms with Gasteiger partial charge in [0.1, 0.15) is 12.7 Å². The van der Waals surface area contributed by atoms with Crippen molar-refractivity contribution in [2.24, 2.45) is 4.99 Å². The van der Waals surface area contributed by atoms with Crippen LogP contribution < -0.4 is 0 Å². The molecule has 5 atom stereocenters. The Morgan fingerprint density at radius 2 is 1.33 bits per heavy atom. The van der Waals surface area contributed by atoms with E-state index in [1.165, 1.54) is 24.3 Å². The van der Waals surface area contributed by atoms with Crippen LogP contribution in [0.3, 0.4) is 0 Å². The fraction of sp³-hybridized carbons (Fsp3) is 0.500. The Balaban J connectivity index is 2.55. The first-order chi connectivity index (χ1) is 16.8. The van der Waals surface area contributed by atoms with Crippen LogP contribution in [0.15, 0.2) is 35.3 Å². The molecule has 198 valence electrons. The number of benzene rings is 1. The quantitative estimate of drug-likeness (QED) is 0.229. The highest BCUT2D eigenvalue weighted by Gasteiger charge is 2.55. The molecule has 1 heterocycles. The maximum atomic E-state index is 13.8. The molecule has 1 aromatic carbocycles. The molecule has 1 aliphatic heterocycles. The summed E-state index contributed by atoms with van der Waals surface area (Å²) in [6.45, 7) is 3.34. The number of alkyl halides is 3. The van der Waals surface area contributed by atoms with Crippen LogP contribution in [0.4, 0.5) is 18.9 Å². The van der Waals surface area contributed by atoms with E-state index >= 15 is 0 Å². The van der Waals surface area contributed by atoms with E-state index < -0.39 is 73.3 Å². The van der Waals surface area contributed by atoms with Crippen molar-refractivity contribution >= 4 is 35.5 Å². The van der Waals surface area contributed by atoms with Gasteiger partial charge in [-0.3, -0.25) is 19.2 Å². The van der Waals surface area contributed by atoms with Crippen molar-refractivity contribution in [3.63, 3.8) is 0 Å². The molecule has 0 aliphatic carbocycles. The lowest BCUT2D eigenvalue weighted by molar-refractivity contribution is -0.295. The summed E-state index contributed by atoms with van der Waals surface area (Å²) in [6, 6.07) is 7.01. The Bertz CT molecular complexity index is 982. The second-order valence-corrected chi connectivity index (χ2v) is 7.44. The highest BCUT2D eigenvalue weighted by atomic mass is 19.4. The first kappa shape index (κ1) is 28.6. The van der Waals surface area contributed by atoms with Crippen molar-refractivity contribution in [1.82, 2.24) is 0 Å². The van der Waals surface area contributed by atoms with Crippen LogP contribution in [-0.4, -0.2) is 73.3 Å². The molecule has 1 unspecified atom stereocenters. The highest BCUT2D eigenvalue weighted by Crippen LogP contribution is 2.32. The summed E-state index contributed by atoms with van der Waals surface area (Å²) >= 11 is 0. The van der Waals surface area contributed by atoms with Crippen LogP contribution in [0.5, 0.6) is 0 Å². The third kappa shape index (κ3) is 8.52. The van der Waals surface area contributed by atoms with Crippen molar-refractivity contribution < 1.29 is 60.8 Å². The van der Waals surface area contributed by atoms with Gasteiger partial charge in [0.05, 0.1) is 5.69 Å². The first-order valence-corrected chi connectivity index (χ1v) is 10.5. The van der Waals surface area contributed by atoms with Crippen LogP contribution in [-0.2, 0) is 47.6 Å². The number of carbonyl (C=O) groups is 4. The normalized spacial score (nSPS) is 24.3. The average Bonchev–Trinajstić information content (AvgIpc) is 2.75. The van der Waals surface area contributed by atoms with Gasteiger partial charge in [0.25, 0.3) is 5.90 Å². The average molecular weight is 519 g/mol. The number of ether oxygens (including phenoxy) is 6. The SMILES string of the molecule is CC(=O)OC[C@H]1OC(OC(=Nc2ccccc2)C(F)(F)F)[C@H](OC(C)=O)[C@@H](OC(C)=O)[C@H]1OC(C)=O. The number of para-hydroxylation sites is 1. The molecule has 1 aromatic rings. The van der Waals surface area contributed by atoms with Gasteiger partial charge in [0.2, 0.25) is 12.4 Å². The zero-order valence-corrected chi connectivity index (χ0v) is 19.6. The second kappa shape index (κ2) is 12.3. The number of halogens is 3. The van der Waals surface area contributed by atoms with E-state index in [0.717, 1.165) is 27.7 Å². The van der Waals surface area contributed by atoms with E-state index in [2.05, 4.69) is 4.99 Å². The molecule has 1 saturated heterocycles. The molecule has 1 fully saturated rings. The molecule has 0 N–H and O–H groups in total. The number of rotatable bonds is 7. The van der Waals surface area contributed by atoms with Crippen LogP contribution in [0, 0.1) is 0 Å². The minimum atomic E-state index is -5.13. The molecule has 2 rings (SSSR count). The molecule has 11 nitrogen and oxygen atoms in total. The van der Waals surface area contributed by atoms with Gasteiger partial charge in [0, 0.05) is 27.7 Å². The third-order valence-electron chi connectivity index (χ3n) is 4.41. The predicted molar refractivity (Wildman–Crippen MR) is 113 cm³/mol. The van der Waals surface area contributed by atoms with Crippen molar-refractivity contribution in [2.45, 2.75) is 64.6 Å². The number of esters is 4. The number of carbonyl (C=O) groups excluding carboxylic acids is 4. The van der Waals surface area contributed by atoms with Crippen LogP contribution in [0.25, 0.3) is 0 Å². The van der Waals surface area contributed by atoms with E-state index in [9.17, 15) is 32.3 Å². The molecule has 36 heavy (non-hydrogen) atoms. The lowest BCUT2D eigenvalue weighted by atomic mass is 9.98. The molecule has 0 saturated carbocycles. The summed E-state index contributed by atoms with van der Waals surface area (Å²) in [5.74, 6) is -5.39. The van der Waals surface area contributed by atoms with Crippen LogP contribution in [0.2, 0.25) is 0 Å². The summed E-state index contributed by atoms with van der Waals surface area (Å²) in [5.41, 5.74) is -0.115. The van der Waals surface area contributed by atoms with Gasteiger partial charge < -0.3 is 28.4 Å². The number of aliphatic imine (C=N–C) groups is 1. The minimum Gasteiger partial charge on any atom is -0.463 e. The third-order valence-corrected chi connectivity index (χ3v) is 4.41. The summed E-state index contributed by atoms with van der Waals surface area (Å²) in [4.78, 5) is 50.1. The zero-order valence-electron chi connectivity index (χ0n) is 19.6. The summed E-state index contributed by atoms with van der Waals surface area (Å²) in [7, 11) is 0. The van der Waals surface area contributed by atoms with E-state index in [1.807, 2.05) is 0 Å². The Hall–Kier alpha value is -3.68. The number of nitrogens with zero attached hydrogens (tertiary/aromatic N) is 1. The minimum absolute atomic E-state index is 0.115. The maximum absolute atomic E-state index is 13.8. The van der Waals surface area contributed by atoms with Gasteiger partial charge in [-0.25, -0.2) is 4.99 Å². The van der Waals surface area contributed by atoms with Gasteiger partial charge in [-0.05, 0) is 12.1 Å². The summed E-state index contributed by atoms with van der Waals surface area (Å²) < 4.78 is 72.2. The first-order valence-electron chi connectivity index (χ1n) is 10.5. The molecule has 0 bridgehead atoms. The largest absolute Gasteiger partial charge is 0.468 e. The van der Waals surface area contributed by atoms with Crippen molar-refractivity contribution in [3.8, 4) is 0 Å². The molecule has 0 amide bonds. The van der Waals surface area contributed by atoms with Gasteiger partial charge >= 0.3 is 30.1 Å². The Kier molecular flexibility index (Phi) is 9.78. The van der Waals surface area contributed by atoms with Crippen molar-refractivity contribution in [1.29, 1.82) is 0 Å². The molecular weight excluding hydrogens is 495 g/mol. The molecule has 0 spiro atoms. The van der Waals surface area contributed by atoms with Gasteiger partial charge in [-0.2, -0.15) is 13.2 Å². The van der Waals surface area contributed by atoms with E-state index in [4.69, 9.17) is 28.4 Å². The summed E-state index contributed by atoms with van der Waals surface area (Å²) in [6.07, 6.45) is -13.8. The molecule has 1 aliphatic rings. The van der Waals surface area contributed by atoms with Gasteiger partial charge in [-0.15, -0.1) is 0 Å². The Morgan fingerprint density at radius 1 is 0.806 bits per heavy atom. The number of hydrogen-bond donors (Lipinski definition) is 0. The monoisotopic (exact) mass is 519 g/mol. The standard InChI is InChI=1S/C22H24F3NO10/c1-11(27)31-10-16-17(32-12(2)28)18(33-13(3)29)19(34-14(4)30)20(35-16)36-21(22(23,24)25)26-15-8-6-5-7-9-15/h5-9,16-20H,10H2,1-4H3/t16-,17+,18+,19-,20?/m1/s1. The molecule has 0 radical (unpaired) electrons. The van der Waals surface area contributed by atoms with Crippen LogP contribution in [0.1, 0.15) is 27.7 Å². The van der Waals surface area contributed by atoms with E-state index in [-0.39, 0.29) is 5.69 Å².